The first kappa shape index (κ1) is 12.3. The Bertz CT molecular complexity index is 709. The number of rotatable bonds is 2. The van der Waals surface area contributed by atoms with Gasteiger partial charge in [0.25, 0.3) is 0 Å². The number of H-pyrrole nitrogens is 1. The van der Waals surface area contributed by atoms with Gasteiger partial charge in [0.15, 0.2) is 0 Å². The minimum Gasteiger partial charge on any atom is -0.340 e. The standard InChI is InChI=1S/C12H11BrFN5/c1-19-5-6(4-16-19)11(15)12-17-9-2-7(13)8(14)3-10(9)18-12/h2-5,11H,15H2,1H3,(H,17,18). The molecular formula is C12H11BrFN5. The summed E-state index contributed by atoms with van der Waals surface area (Å²) in [5, 5.41) is 4.07. The van der Waals surface area contributed by atoms with E-state index in [1.165, 1.54) is 6.07 Å². The van der Waals surface area contributed by atoms with Crippen molar-refractivity contribution < 1.29 is 4.39 Å². The molecule has 1 atom stereocenters. The van der Waals surface area contributed by atoms with Gasteiger partial charge < -0.3 is 10.7 Å². The fourth-order valence-electron chi connectivity index (χ4n) is 1.93. The number of fused-ring (bicyclic) bond motifs is 1. The molecule has 5 nitrogen and oxygen atoms in total. The lowest BCUT2D eigenvalue weighted by Crippen LogP contribution is -2.12. The van der Waals surface area contributed by atoms with E-state index in [1.54, 1.807) is 16.9 Å². The highest BCUT2D eigenvalue weighted by atomic mass is 79.9. The molecule has 0 radical (unpaired) electrons. The van der Waals surface area contributed by atoms with Crippen LogP contribution in [0.5, 0.6) is 0 Å². The molecule has 0 aliphatic heterocycles. The lowest BCUT2D eigenvalue weighted by molar-refractivity contribution is 0.623. The molecule has 0 amide bonds. The number of hydrogen-bond acceptors (Lipinski definition) is 3. The van der Waals surface area contributed by atoms with Crippen LogP contribution >= 0.6 is 15.9 Å². The molecule has 1 unspecified atom stereocenters. The van der Waals surface area contributed by atoms with Crippen molar-refractivity contribution in [2.45, 2.75) is 6.04 Å². The van der Waals surface area contributed by atoms with E-state index >= 15 is 0 Å². The van der Waals surface area contributed by atoms with Crippen LogP contribution in [0.1, 0.15) is 17.4 Å². The van der Waals surface area contributed by atoms with Crippen LogP contribution in [0.4, 0.5) is 4.39 Å². The monoisotopic (exact) mass is 323 g/mol. The first-order valence-corrected chi connectivity index (χ1v) is 6.42. The van der Waals surface area contributed by atoms with Gasteiger partial charge in [-0.3, -0.25) is 4.68 Å². The van der Waals surface area contributed by atoms with E-state index in [0.717, 1.165) is 5.56 Å². The SMILES string of the molecule is Cn1cc(C(N)c2nc3cc(Br)c(F)cc3[nH]2)cn1. The Balaban J connectivity index is 2.05. The summed E-state index contributed by atoms with van der Waals surface area (Å²) < 4.78 is 15.5. The van der Waals surface area contributed by atoms with Gasteiger partial charge in [0.05, 0.1) is 27.7 Å². The van der Waals surface area contributed by atoms with Crippen molar-refractivity contribution in [1.82, 2.24) is 19.7 Å². The van der Waals surface area contributed by atoms with Crippen LogP contribution in [0.2, 0.25) is 0 Å². The Labute approximate surface area is 116 Å². The number of hydrogen-bond donors (Lipinski definition) is 2. The molecule has 0 aliphatic rings. The van der Waals surface area contributed by atoms with Crippen LogP contribution < -0.4 is 5.73 Å². The minimum absolute atomic E-state index is 0.336. The summed E-state index contributed by atoms with van der Waals surface area (Å²) >= 11 is 3.14. The highest BCUT2D eigenvalue weighted by molar-refractivity contribution is 9.10. The number of imidazole rings is 1. The quantitative estimate of drug-likeness (QED) is 0.759. The third-order valence-electron chi connectivity index (χ3n) is 2.92. The largest absolute Gasteiger partial charge is 0.340 e. The van der Waals surface area contributed by atoms with Crippen molar-refractivity contribution in [3.05, 3.63) is 46.2 Å². The number of benzene rings is 1. The molecule has 3 N–H and O–H groups in total. The fraction of sp³-hybridized carbons (Fsp3) is 0.167. The lowest BCUT2D eigenvalue weighted by Gasteiger charge is -2.04. The molecule has 98 valence electrons. The molecule has 3 aromatic rings. The van der Waals surface area contributed by atoms with E-state index in [0.29, 0.717) is 21.3 Å². The first-order chi connectivity index (χ1) is 9.04. The molecule has 0 aliphatic carbocycles. The van der Waals surface area contributed by atoms with E-state index in [2.05, 4.69) is 31.0 Å². The smallest absolute Gasteiger partial charge is 0.139 e. The predicted molar refractivity (Wildman–Crippen MR) is 73.0 cm³/mol. The zero-order chi connectivity index (χ0) is 13.6. The Morgan fingerprint density at radius 2 is 2.26 bits per heavy atom. The second-order valence-corrected chi connectivity index (χ2v) is 5.18. The van der Waals surface area contributed by atoms with Gasteiger partial charge in [0.1, 0.15) is 11.6 Å². The van der Waals surface area contributed by atoms with Crippen LogP contribution in [-0.2, 0) is 7.05 Å². The Hall–Kier alpha value is -1.73. The Morgan fingerprint density at radius 1 is 1.47 bits per heavy atom. The molecule has 2 heterocycles. The normalized spacial score (nSPS) is 13.1. The summed E-state index contributed by atoms with van der Waals surface area (Å²) in [6.45, 7) is 0. The zero-order valence-electron chi connectivity index (χ0n) is 10.1. The van der Waals surface area contributed by atoms with Crippen LogP contribution in [0.15, 0.2) is 29.0 Å². The second-order valence-electron chi connectivity index (χ2n) is 4.33. The van der Waals surface area contributed by atoms with Crippen molar-refractivity contribution in [1.29, 1.82) is 0 Å². The average Bonchev–Trinajstić information content (AvgIpc) is 2.95. The van der Waals surface area contributed by atoms with Gasteiger partial charge in [-0.1, -0.05) is 0 Å². The maximum Gasteiger partial charge on any atom is 0.139 e. The summed E-state index contributed by atoms with van der Waals surface area (Å²) in [7, 11) is 1.82. The summed E-state index contributed by atoms with van der Waals surface area (Å²) in [5.74, 6) is 0.248. The molecule has 2 aromatic heterocycles. The molecule has 0 spiro atoms. The van der Waals surface area contributed by atoms with Gasteiger partial charge in [-0.15, -0.1) is 0 Å². The first-order valence-electron chi connectivity index (χ1n) is 5.63. The van der Waals surface area contributed by atoms with Crippen LogP contribution in [0.25, 0.3) is 11.0 Å². The van der Waals surface area contributed by atoms with Crippen molar-refractivity contribution in [2.24, 2.45) is 12.8 Å². The fourth-order valence-corrected chi connectivity index (χ4v) is 2.26. The molecule has 19 heavy (non-hydrogen) atoms. The zero-order valence-corrected chi connectivity index (χ0v) is 11.6. The van der Waals surface area contributed by atoms with Crippen molar-refractivity contribution in [3.63, 3.8) is 0 Å². The second kappa shape index (κ2) is 4.43. The molecule has 0 saturated heterocycles. The number of aryl methyl sites for hydroxylation is 1. The third kappa shape index (κ3) is 2.15. The molecule has 7 heteroatoms. The summed E-state index contributed by atoms with van der Waals surface area (Å²) in [6.07, 6.45) is 3.52. The number of nitrogens with zero attached hydrogens (tertiary/aromatic N) is 3. The summed E-state index contributed by atoms with van der Waals surface area (Å²) in [4.78, 5) is 7.42. The van der Waals surface area contributed by atoms with E-state index < -0.39 is 6.04 Å². The highest BCUT2D eigenvalue weighted by Crippen LogP contribution is 2.24. The maximum atomic E-state index is 13.4. The lowest BCUT2D eigenvalue weighted by atomic mass is 10.2. The summed E-state index contributed by atoms with van der Waals surface area (Å²) in [6, 6.07) is 2.61. The molecule has 0 fully saturated rings. The number of aromatic nitrogens is 4. The van der Waals surface area contributed by atoms with E-state index in [9.17, 15) is 4.39 Å². The van der Waals surface area contributed by atoms with E-state index in [1.807, 2.05) is 13.2 Å². The van der Waals surface area contributed by atoms with Gasteiger partial charge in [-0.25, -0.2) is 9.37 Å². The number of aromatic amines is 1. The number of nitrogens with two attached hydrogens (primary N) is 1. The molecule has 1 aromatic carbocycles. The van der Waals surface area contributed by atoms with E-state index in [-0.39, 0.29) is 5.82 Å². The van der Waals surface area contributed by atoms with Gasteiger partial charge in [-0.05, 0) is 22.0 Å². The Kier molecular flexibility index (Phi) is 2.87. The maximum absolute atomic E-state index is 13.4. The van der Waals surface area contributed by atoms with Crippen molar-refractivity contribution >= 4 is 27.0 Å². The molecule has 0 saturated carbocycles. The Morgan fingerprint density at radius 3 is 2.95 bits per heavy atom. The van der Waals surface area contributed by atoms with Gasteiger partial charge in [0, 0.05) is 24.9 Å². The predicted octanol–water partition coefficient (Wildman–Crippen LogP) is 2.25. The molecule has 3 rings (SSSR count). The number of halogens is 2. The average molecular weight is 324 g/mol. The number of nitrogens with one attached hydrogen (secondary N) is 1. The van der Waals surface area contributed by atoms with Crippen LogP contribution in [0.3, 0.4) is 0 Å². The molecule has 0 bridgehead atoms. The topological polar surface area (TPSA) is 72.5 Å². The van der Waals surface area contributed by atoms with Gasteiger partial charge in [-0.2, -0.15) is 5.10 Å². The third-order valence-corrected chi connectivity index (χ3v) is 3.53. The minimum atomic E-state index is -0.414. The van der Waals surface area contributed by atoms with Crippen molar-refractivity contribution in [3.8, 4) is 0 Å². The highest BCUT2D eigenvalue weighted by Gasteiger charge is 2.16. The van der Waals surface area contributed by atoms with Gasteiger partial charge >= 0.3 is 0 Å². The molecular weight excluding hydrogens is 313 g/mol. The summed E-state index contributed by atoms with van der Waals surface area (Å²) in [5.41, 5.74) is 8.25. The van der Waals surface area contributed by atoms with Crippen LogP contribution in [0, 0.1) is 5.82 Å². The van der Waals surface area contributed by atoms with Gasteiger partial charge in [0.2, 0.25) is 0 Å². The van der Waals surface area contributed by atoms with Crippen molar-refractivity contribution in [2.75, 3.05) is 0 Å². The van der Waals surface area contributed by atoms with E-state index in [4.69, 9.17) is 5.73 Å². The van der Waals surface area contributed by atoms with Crippen LogP contribution in [-0.4, -0.2) is 19.7 Å².